The molecular weight excluding hydrogens is 351 g/mol. The van der Waals surface area contributed by atoms with Gasteiger partial charge in [-0.3, -0.25) is 10.00 Å². The number of nitrogens with zero attached hydrogens (tertiary/aromatic N) is 2. The first-order valence-electron chi connectivity index (χ1n) is 9.05. The van der Waals surface area contributed by atoms with Gasteiger partial charge in [0, 0.05) is 23.7 Å². The molecule has 1 aliphatic heterocycles. The van der Waals surface area contributed by atoms with Gasteiger partial charge in [0.1, 0.15) is 5.82 Å². The van der Waals surface area contributed by atoms with Crippen LogP contribution in [0.15, 0.2) is 48.7 Å². The molecule has 0 unspecified atom stereocenters. The fourth-order valence-electron chi connectivity index (χ4n) is 3.77. The van der Waals surface area contributed by atoms with Crippen molar-refractivity contribution in [3.05, 3.63) is 77.4 Å². The minimum absolute atomic E-state index is 0.263. The lowest BCUT2D eigenvalue weighted by Gasteiger charge is -2.32. The van der Waals surface area contributed by atoms with E-state index in [1.807, 2.05) is 6.07 Å². The molecule has 1 saturated heterocycles. The Hall–Kier alpha value is -2.60. The largest absolute Gasteiger partial charge is 0.299 e. The van der Waals surface area contributed by atoms with E-state index >= 15 is 0 Å². The summed E-state index contributed by atoms with van der Waals surface area (Å²) in [5, 5.41) is 7.26. The maximum atomic E-state index is 13.6. The average molecular weight is 371 g/mol. The summed E-state index contributed by atoms with van der Waals surface area (Å²) < 4.78 is 40.0. The number of benzene rings is 2. The molecule has 1 fully saturated rings. The van der Waals surface area contributed by atoms with Crippen LogP contribution in [0.4, 0.5) is 13.2 Å². The number of piperidine rings is 1. The van der Waals surface area contributed by atoms with E-state index in [0.29, 0.717) is 12.5 Å². The third kappa shape index (κ3) is 3.90. The normalized spacial score (nSPS) is 16.0. The summed E-state index contributed by atoms with van der Waals surface area (Å²) in [7, 11) is 0. The standard InChI is InChI=1S/C21H20F3N3/c22-17-3-1-2-16(11-17)18-12-25-26-21(18)15-6-8-27(9-7-15)13-14-4-5-19(23)20(24)10-14/h1-5,10-12,15H,6-9,13H2,(H,25,26). The highest BCUT2D eigenvalue weighted by Crippen LogP contribution is 2.34. The van der Waals surface area contributed by atoms with Gasteiger partial charge in [0.25, 0.3) is 0 Å². The molecule has 3 nitrogen and oxygen atoms in total. The minimum atomic E-state index is -0.818. The molecule has 27 heavy (non-hydrogen) atoms. The molecule has 0 aliphatic carbocycles. The quantitative estimate of drug-likeness (QED) is 0.709. The Morgan fingerprint density at radius 2 is 1.81 bits per heavy atom. The number of aromatic amines is 1. The van der Waals surface area contributed by atoms with E-state index in [1.165, 1.54) is 24.3 Å². The van der Waals surface area contributed by atoms with Gasteiger partial charge in [0.05, 0.1) is 6.20 Å². The van der Waals surface area contributed by atoms with Gasteiger partial charge in [0.15, 0.2) is 11.6 Å². The summed E-state index contributed by atoms with van der Waals surface area (Å²) in [5.41, 5.74) is 3.57. The number of likely N-dealkylation sites (tertiary alicyclic amines) is 1. The van der Waals surface area contributed by atoms with E-state index in [4.69, 9.17) is 0 Å². The molecule has 1 aliphatic rings. The molecule has 3 aromatic rings. The minimum Gasteiger partial charge on any atom is -0.299 e. The van der Waals surface area contributed by atoms with Crippen molar-refractivity contribution >= 4 is 0 Å². The van der Waals surface area contributed by atoms with Crippen LogP contribution in [0.1, 0.15) is 30.0 Å². The lowest BCUT2D eigenvalue weighted by atomic mass is 9.89. The Morgan fingerprint density at radius 3 is 2.56 bits per heavy atom. The molecule has 0 radical (unpaired) electrons. The van der Waals surface area contributed by atoms with Crippen LogP contribution in [0.2, 0.25) is 0 Å². The Labute approximate surface area is 155 Å². The van der Waals surface area contributed by atoms with Gasteiger partial charge in [-0.2, -0.15) is 5.10 Å². The zero-order chi connectivity index (χ0) is 18.8. The van der Waals surface area contributed by atoms with Crippen LogP contribution in [-0.2, 0) is 6.54 Å². The number of rotatable bonds is 4. The molecule has 2 aromatic carbocycles. The van der Waals surface area contributed by atoms with Crippen molar-refractivity contribution in [1.29, 1.82) is 0 Å². The Bertz CT molecular complexity index is 930. The van der Waals surface area contributed by atoms with Crippen molar-refractivity contribution in [3.63, 3.8) is 0 Å². The molecule has 1 aromatic heterocycles. The van der Waals surface area contributed by atoms with E-state index in [9.17, 15) is 13.2 Å². The molecule has 0 spiro atoms. The molecule has 1 N–H and O–H groups in total. The molecule has 0 atom stereocenters. The highest BCUT2D eigenvalue weighted by atomic mass is 19.2. The lowest BCUT2D eigenvalue weighted by Crippen LogP contribution is -2.32. The first-order chi connectivity index (χ1) is 13.1. The summed E-state index contributed by atoms with van der Waals surface area (Å²) in [4.78, 5) is 2.24. The first kappa shape index (κ1) is 17.8. The van der Waals surface area contributed by atoms with Crippen LogP contribution < -0.4 is 0 Å². The zero-order valence-corrected chi connectivity index (χ0v) is 14.8. The van der Waals surface area contributed by atoms with E-state index in [0.717, 1.165) is 48.3 Å². The van der Waals surface area contributed by atoms with Gasteiger partial charge in [0.2, 0.25) is 0 Å². The monoisotopic (exact) mass is 371 g/mol. The maximum Gasteiger partial charge on any atom is 0.159 e. The topological polar surface area (TPSA) is 31.9 Å². The van der Waals surface area contributed by atoms with Crippen LogP contribution in [0, 0.1) is 17.5 Å². The van der Waals surface area contributed by atoms with Crippen molar-refractivity contribution in [2.75, 3.05) is 13.1 Å². The fraction of sp³-hybridized carbons (Fsp3) is 0.286. The average Bonchev–Trinajstić information content (AvgIpc) is 3.15. The van der Waals surface area contributed by atoms with E-state index in [-0.39, 0.29) is 5.82 Å². The molecular formula is C21H20F3N3. The van der Waals surface area contributed by atoms with Crippen LogP contribution >= 0.6 is 0 Å². The lowest BCUT2D eigenvalue weighted by molar-refractivity contribution is 0.203. The second kappa shape index (κ2) is 7.56. The number of hydrogen-bond donors (Lipinski definition) is 1. The zero-order valence-electron chi connectivity index (χ0n) is 14.8. The van der Waals surface area contributed by atoms with Crippen LogP contribution in [0.5, 0.6) is 0 Å². The molecule has 140 valence electrons. The van der Waals surface area contributed by atoms with Crippen LogP contribution in [0.25, 0.3) is 11.1 Å². The van der Waals surface area contributed by atoms with E-state index < -0.39 is 11.6 Å². The maximum absolute atomic E-state index is 13.6. The van der Waals surface area contributed by atoms with E-state index in [2.05, 4.69) is 15.1 Å². The first-order valence-corrected chi connectivity index (χ1v) is 9.05. The predicted molar refractivity (Wildman–Crippen MR) is 97.6 cm³/mol. The molecule has 0 saturated carbocycles. The number of hydrogen-bond acceptors (Lipinski definition) is 2. The molecule has 2 heterocycles. The van der Waals surface area contributed by atoms with E-state index in [1.54, 1.807) is 18.3 Å². The van der Waals surface area contributed by atoms with Crippen LogP contribution in [0.3, 0.4) is 0 Å². The second-order valence-corrected chi connectivity index (χ2v) is 7.01. The summed E-state index contributed by atoms with van der Waals surface area (Å²) in [6.45, 7) is 2.31. The van der Waals surface area contributed by atoms with Crippen molar-refractivity contribution in [3.8, 4) is 11.1 Å². The van der Waals surface area contributed by atoms with Gasteiger partial charge >= 0.3 is 0 Å². The number of nitrogens with one attached hydrogen (secondary N) is 1. The van der Waals surface area contributed by atoms with Gasteiger partial charge in [-0.05, 0) is 61.3 Å². The van der Waals surface area contributed by atoms with Crippen LogP contribution in [-0.4, -0.2) is 28.2 Å². The van der Waals surface area contributed by atoms with Gasteiger partial charge in [-0.15, -0.1) is 0 Å². The highest BCUT2D eigenvalue weighted by Gasteiger charge is 2.24. The Balaban J connectivity index is 1.43. The number of halogens is 3. The van der Waals surface area contributed by atoms with Gasteiger partial charge in [-0.1, -0.05) is 18.2 Å². The smallest absolute Gasteiger partial charge is 0.159 e. The van der Waals surface area contributed by atoms with Crippen molar-refractivity contribution in [2.45, 2.75) is 25.3 Å². The predicted octanol–water partition coefficient (Wildman–Crippen LogP) is 4.87. The summed E-state index contributed by atoms with van der Waals surface area (Å²) >= 11 is 0. The van der Waals surface area contributed by atoms with Crippen molar-refractivity contribution in [2.24, 2.45) is 0 Å². The molecule has 0 amide bonds. The summed E-state index contributed by atoms with van der Waals surface area (Å²) in [5.74, 6) is -1.57. The second-order valence-electron chi connectivity index (χ2n) is 7.01. The fourth-order valence-corrected chi connectivity index (χ4v) is 3.77. The SMILES string of the molecule is Fc1cccc(-c2cn[nH]c2C2CCN(Cc3ccc(F)c(F)c3)CC2)c1. The number of aromatic nitrogens is 2. The number of H-pyrrole nitrogens is 1. The third-order valence-corrected chi connectivity index (χ3v) is 5.19. The molecule has 0 bridgehead atoms. The molecule has 6 heteroatoms. The van der Waals surface area contributed by atoms with Gasteiger partial charge in [-0.25, -0.2) is 13.2 Å². The van der Waals surface area contributed by atoms with Gasteiger partial charge < -0.3 is 0 Å². The van der Waals surface area contributed by atoms with Crippen molar-refractivity contribution in [1.82, 2.24) is 15.1 Å². The summed E-state index contributed by atoms with van der Waals surface area (Å²) in [6, 6.07) is 10.6. The molecule has 4 rings (SSSR count). The third-order valence-electron chi connectivity index (χ3n) is 5.19. The highest BCUT2D eigenvalue weighted by molar-refractivity contribution is 5.65. The van der Waals surface area contributed by atoms with Crippen molar-refractivity contribution < 1.29 is 13.2 Å². The summed E-state index contributed by atoms with van der Waals surface area (Å²) in [6.07, 6.45) is 3.60. The Morgan fingerprint density at radius 1 is 1.00 bits per heavy atom. The Kier molecular flexibility index (Phi) is 4.99.